The minimum atomic E-state index is -0.848. The molecule has 0 aliphatic heterocycles. The van der Waals surface area contributed by atoms with E-state index in [1.165, 1.54) is 12.1 Å². The zero-order valence-electron chi connectivity index (χ0n) is 16.7. The molecule has 0 saturated heterocycles. The molecule has 148 valence electrons. The summed E-state index contributed by atoms with van der Waals surface area (Å²) < 4.78 is 23.6. The molecule has 2 rings (SSSR count). The molecule has 0 radical (unpaired) electrons. The first kappa shape index (κ1) is 20.8. The van der Waals surface area contributed by atoms with E-state index in [1.54, 1.807) is 46.8 Å². The minimum absolute atomic E-state index is 0.261. The van der Waals surface area contributed by atoms with Crippen molar-refractivity contribution in [2.75, 3.05) is 7.05 Å². The second-order valence-electron chi connectivity index (χ2n) is 8.06. The molecule has 0 saturated carbocycles. The monoisotopic (exact) mass is 378 g/mol. The Bertz CT molecular complexity index is 766. The van der Waals surface area contributed by atoms with Crippen LogP contribution in [-0.2, 0) is 23.4 Å². The molecule has 1 aromatic heterocycles. The maximum Gasteiger partial charge on any atom is 0.408 e. The number of alkyl carbamates (subject to hydrolysis) is 1. The molecule has 2 aromatic rings. The number of amides is 1. The highest BCUT2D eigenvalue weighted by Crippen LogP contribution is 2.19. The van der Waals surface area contributed by atoms with E-state index in [-0.39, 0.29) is 5.82 Å². The summed E-state index contributed by atoms with van der Waals surface area (Å²) in [5.41, 5.74) is -0.462. The van der Waals surface area contributed by atoms with Gasteiger partial charge < -0.3 is 14.6 Å². The molecule has 0 atom stereocenters. The molecule has 0 fully saturated rings. The Morgan fingerprint density at radius 1 is 1.19 bits per heavy atom. The lowest BCUT2D eigenvalue weighted by atomic mass is 10.1. The third-order valence-electron chi connectivity index (χ3n) is 3.61. The maximum atomic E-state index is 13.0. The number of hydrogen-bond donors (Lipinski definition) is 1. The van der Waals surface area contributed by atoms with Crippen LogP contribution in [0, 0.1) is 5.82 Å². The zero-order chi connectivity index (χ0) is 20.2. The number of halogens is 1. The average Bonchev–Trinajstić information content (AvgIpc) is 2.96. The fourth-order valence-corrected chi connectivity index (χ4v) is 2.38. The number of aromatic nitrogens is 2. The molecule has 27 heavy (non-hydrogen) atoms. The number of nitrogens with one attached hydrogen (secondary N) is 1. The number of nitrogens with zero attached hydrogens (tertiary/aromatic N) is 3. The van der Waals surface area contributed by atoms with Crippen LogP contribution in [0.25, 0.3) is 0 Å². The van der Waals surface area contributed by atoms with Gasteiger partial charge in [0.1, 0.15) is 17.0 Å². The highest BCUT2D eigenvalue weighted by molar-refractivity contribution is 5.68. The summed E-state index contributed by atoms with van der Waals surface area (Å²) in [4.78, 5) is 18.4. The highest BCUT2D eigenvalue weighted by atomic mass is 19.1. The molecule has 8 heteroatoms. The minimum Gasteiger partial charge on any atom is -0.444 e. The summed E-state index contributed by atoms with van der Waals surface area (Å²) in [6, 6.07) is 6.33. The Morgan fingerprint density at radius 2 is 1.81 bits per heavy atom. The molecule has 0 bridgehead atoms. The van der Waals surface area contributed by atoms with Gasteiger partial charge in [0, 0.05) is 6.54 Å². The molecule has 0 aliphatic carbocycles. The molecule has 1 N–H and O–H groups in total. The fraction of sp³-hybridized carbons (Fsp3) is 0.526. The lowest BCUT2D eigenvalue weighted by Gasteiger charge is -2.26. The Morgan fingerprint density at radius 3 is 2.41 bits per heavy atom. The van der Waals surface area contributed by atoms with Gasteiger partial charge in [0.05, 0.1) is 6.54 Å². The summed E-state index contributed by atoms with van der Waals surface area (Å²) in [6.45, 7) is 9.96. The Kier molecular flexibility index (Phi) is 6.20. The molecule has 0 aliphatic rings. The second kappa shape index (κ2) is 8.04. The molecule has 0 spiro atoms. The van der Waals surface area contributed by atoms with Crippen LogP contribution in [0.3, 0.4) is 0 Å². The van der Waals surface area contributed by atoms with Crippen molar-refractivity contribution in [2.24, 2.45) is 0 Å². The predicted molar refractivity (Wildman–Crippen MR) is 98.3 cm³/mol. The zero-order valence-corrected chi connectivity index (χ0v) is 16.7. The summed E-state index contributed by atoms with van der Waals surface area (Å²) in [5.74, 6) is 0.523. The van der Waals surface area contributed by atoms with E-state index >= 15 is 0 Å². The maximum absolute atomic E-state index is 13.0. The Hall–Kier alpha value is -2.48. The van der Waals surface area contributed by atoms with Gasteiger partial charge in [-0.1, -0.05) is 17.3 Å². The molecule has 1 aromatic carbocycles. The summed E-state index contributed by atoms with van der Waals surface area (Å²) in [5, 5.41) is 6.72. The van der Waals surface area contributed by atoms with Gasteiger partial charge >= 0.3 is 6.09 Å². The summed E-state index contributed by atoms with van der Waals surface area (Å²) in [7, 11) is 1.90. The van der Waals surface area contributed by atoms with Crippen LogP contribution < -0.4 is 5.32 Å². The van der Waals surface area contributed by atoms with E-state index in [4.69, 9.17) is 9.26 Å². The highest BCUT2D eigenvalue weighted by Gasteiger charge is 2.31. The Balaban J connectivity index is 1.96. The van der Waals surface area contributed by atoms with Crippen LogP contribution in [-0.4, -0.2) is 33.8 Å². The van der Waals surface area contributed by atoms with Gasteiger partial charge in [-0.05, 0) is 59.4 Å². The first-order valence-corrected chi connectivity index (χ1v) is 8.72. The lowest BCUT2D eigenvalue weighted by molar-refractivity contribution is 0.0465. The fourth-order valence-electron chi connectivity index (χ4n) is 2.38. The van der Waals surface area contributed by atoms with E-state index in [9.17, 15) is 9.18 Å². The van der Waals surface area contributed by atoms with Crippen LogP contribution in [0.2, 0.25) is 0 Å². The SMILES string of the molecule is CN(Cc1ccc(F)cc1)Cc1nc(C(C)(C)NC(=O)OC(C)(C)C)no1. The van der Waals surface area contributed by atoms with Gasteiger partial charge in [0.25, 0.3) is 0 Å². The summed E-state index contributed by atoms with van der Waals surface area (Å²) in [6.07, 6.45) is -0.549. The van der Waals surface area contributed by atoms with Crippen molar-refractivity contribution in [1.82, 2.24) is 20.4 Å². The van der Waals surface area contributed by atoms with Crippen molar-refractivity contribution in [1.29, 1.82) is 0 Å². The van der Waals surface area contributed by atoms with E-state index < -0.39 is 17.2 Å². The van der Waals surface area contributed by atoms with Crippen LogP contribution in [0.4, 0.5) is 9.18 Å². The first-order chi connectivity index (χ1) is 12.4. The van der Waals surface area contributed by atoms with Crippen LogP contribution in [0.1, 0.15) is 51.9 Å². The van der Waals surface area contributed by atoms with E-state index in [0.29, 0.717) is 24.8 Å². The normalized spacial score (nSPS) is 12.3. The third kappa shape index (κ3) is 6.63. The van der Waals surface area contributed by atoms with Crippen molar-refractivity contribution < 1.29 is 18.4 Å². The number of carbonyl (C=O) groups excluding carboxylic acids is 1. The summed E-state index contributed by atoms with van der Waals surface area (Å²) >= 11 is 0. The van der Waals surface area contributed by atoms with Crippen molar-refractivity contribution >= 4 is 6.09 Å². The molecular formula is C19H27FN4O3. The molecule has 1 heterocycles. The average molecular weight is 378 g/mol. The van der Waals surface area contributed by atoms with Crippen LogP contribution >= 0.6 is 0 Å². The number of ether oxygens (including phenoxy) is 1. The predicted octanol–water partition coefficient (Wildman–Crippen LogP) is 3.60. The van der Waals surface area contributed by atoms with Gasteiger partial charge in [-0.25, -0.2) is 9.18 Å². The molecule has 1 amide bonds. The lowest BCUT2D eigenvalue weighted by Crippen LogP contribution is -2.44. The molecular weight excluding hydrogens is 351 g/mol. The molecule has 7 nitrogen and oxygen atoms in total. The third-order valence-corrected chi connectivity index (χ3v) is 3.61. The van der Waals surface area contributed by atoms with Gasteiger partial charge in [-0.3, -0.25) is 4.90 Å². The first-order valence-electron chi connectivity index (χ1n) is 8.72. The van der Waals surface area contributed by atoms with Crippen LogP contribution in [0.5, 0.6) is 0 Å². The van der Waals surface area contributed by atoms with Gasteiger partial charge in [0.2, 0.25) is 5.89 Å². The second-order valence-corrected chi connectivity index (χ2v) is 8.06. The number of carbonyl (C=O) groups is 1. The van der Waals surface area contributed by atoms with E-state index in [2.05, 4.69) is 15.5 Å². The standard InChI is InChI=1S/C19H27FN4O3/c1-18(2,3)26-17(25)22-19(4,5)16-21-15(27-23-16)12-24(6)11-13-7-9-14(20)10-8-13/h7-10H,11-12H2,1-6H3,(H,22,25). The van der Waals surface area contributed by atoms with Crippen molar-refractivity contribution in [3.63, 3.8) is 0 Å². The van der Waals surface area contributed by atoms with E-state index in [0.717, 1.165) is 5.56 Å². The Labute approximate surface area is 158 Å². The van der Waals surface area contributed by atoms with Crippen molar-refractivity contribution in [3.05, 3.63) is 47.4 Å². The van der Waals surface area contributed by atoms with Gasteiger partial charge in [-0.2, -0.15) is 4.98 Å². The topological polar surface area (TPSA) is 80.5 Å². The quantitative estimate of drug-likeness (QED) is 0.827. The largest absolute Gasteiger partial charge is 0.444 e. The number of benzene rings is 1. The van der Waals surface area contributed by atoms with Crippen LogP contribution in [0.15, 0.2) is 28.8 Å². The van der Waals surface area contributed by atoms with Crippen molar-refractivity contribution in [3.8, 4) is 0 Å². The van der Waals surface area contributed by atoms with Gasteiger partial charge in [0.15, 0.2) is 5.82 Å². The van der Waals surface area contributed by atoms with Gasteiger partial charge in [-0.15, -0.1) is 0 Å². The smallest absolute Gasteiger partial charge is 0.408 e. The molecule has 0 unspecified atom stereocenters. The number of hydrogen-bond acceptors (Lipinski definition) is 6. The number of rotatable bonds is 6. The van der Waals surface area contributed by atoms with E-state index in [1.807, 2.05) is 11.9 Å². The van der Waals surface area contributed by atoms with Crippen molar-refractivity contribution in [2.45, 2.75) is 58.8 Å².